The van der Waals surface area contributed by atoms with Gasteiger partial charge in [0.1, 0.15) is 5.75 Å². The van der Waals surface area contributed by atoms with Gasteiger partial charge >= 0.3 is 0 Å². The normalized spacial score (nSPS) is 16.4. The maximum Gasteiger partial charge on any atom is 0.253 e. The van der Waals surface area contributed by atoms with Gasteiger partial charge in [0.15, 0.2) is 0 Å². The van der Waals surface area contributed by atoms with Crippen molar-refractivity contribution >= 4 is 22.6 Å². The number of nitrogens with zero attached hydrogens (tertiary/aromatic N) is 3. The van der Waals surface area contributed by atoms with E-state index in [4.69, 9.17) is 10.1 Å². The Hall–Kier alpha value is -3.28. The summed E-state index contributed by atoms with van der Waals surface area (Å²) < 4.78 is 8.02. The number of ether oxygens (including phenoxy) is 1. The van der Waals surface area contributed by atoms with Gasteiger partial charge in [-0.3, -0.25) is 10.2 Å². The predicted molar refractivity (Wildman–Crippen MR) is 140 cm³/mol. The largest absolute Gasteiger partial charge is 0.494 e. The number of piperidine rings is 1. The minimum absolute atomic E-state index is 0.141. The summed E-state index contributed by atoms with van der Waals surface area (Å²) in [5.74, 6) is 2.32. The number of likely N-dealkylation sites (tertiary alicyclic amines) is 1. The van der Waals surface area contributed by atoms with Gasteiger partial charge in [-0.1, -0.05) is 19.1 Å². The van der Waals surface area contributed by atoms with E-state index in [9.17, 15) is 4.79 Å². The minimum atomic E-state index is 0.141. The topological polar surface area (TPSA) is 61.6 Å². The summed E-state index contributed by atoms with van der Waals surface area (Å²) in [5, 5.41) is 9.33. The van der Waals surface area contributed by atoms with Crippen LogP contribution in [0.25, 0.3) is 10.9 Å². The van der Waals surface area contributed by atoms with Crippen LogP contribution < -0.4 is 4.74 Å². The first-order chi connectivity index (χ1) is 16.9. The lowest BCUT2D eigenvalue weighted by Gasteiger charge is -2.30. The molecule has 1 saturated heterocycles. The Kier molecular flexibility index (Phi) is 6.54. The molecule has 6 nitrogen and oxygen atoms in total. The second-order valence-corrected chi connectivity index (χ2v) is 10.1. The highest BCUT2D eigenvalue weighted by Gasteiger charge is 2.27. The molecule has 1 aromatic heterocycles. The first-order valence-corrected chi connectivity index (χ1v) is 12.9. The van der Waals surface area contributed by atoms with Crippen molar-refractivity contribution in [3.8, 4) is 5.75 Å². The Bertz CT molecular complexity index is 1240. The Morgan fingerprint density at radius 1 is 1.06 bits per heavy atom. The van der Waals surface area contributed by atoms with Gasteiger partial charge in [-0.15, -0.1) is 0 Å². The number of carbonyl (C=O) groups is 1. The molecule has 35 heavy (non-hydrogen) atoms. The molecule has 0 aliphatic carbocycles. The molecule has 2 aliphatic rings. The summed E-state index contributed by atoms with van der Waals surface area (Å²) in [6, 6.07) is 14.6. The molecule has 184 valence electrons. The molecule has 0 saturated carbocycles. The summed E-state index contributed by atoms with van der Waals surface area (Å²) in [7, 11) is 0. The Morgan fingerprint density at radius 3 is 2.49 bits per heavy atom. The number of amidine groups is 1. The molecule has 0 unspecified atom stereocenters. The smallest absolute Gasteiger partial charge is 0.253 e. The number of carbonyl (C=O) groups excluding carboxylic acids is 1. The quantitative estimate of drug-likeness (QED) is 0.404. The van der Waals surface area contributed by atoms with E-state index in [1.165, 1.54) is 16.8 Å². The number of fused-ring (bicyclic) bond motifs is 3. The van der Waals surface area contributed by atoms with Crippen LogP contribution in [-0.2, 0) is 19.5 Å². The molecule has 2 aliphatic heterocycles. The van der Waals surface area contributed by atoms with Crippen LogP contribution in [0.15, 0.2) is 42.5 Å². The number of amides is 1. The molecule has 3 heterocycles. The van der Waals surface area contributed by atoms with Crippen LogP contribution >= 0.6 is 0 Å². The average molecular weight is 473 g/mol. The maximum absolute atomic E-state index is 13.3. The van der Waals surface area contributed by atoms with Gasteiger partial charge in [-0.2, -0.15) is 0 Å². The summed E-state index contributed by atoms with van der Waals surface area (Å²) >= 11 is 0. The molecule has 5 rings (SSSR count). The van der Waals surface area contributed by atoms with Crippen molar-refractivity contribution in [3.63, 3.8) is 0 Å². The van der Waals surface area contributed by atoms with Crippen LogP contribution in [0, 0.1) is 11.3 Å². The second-order valence-electron chi connectivity index (χ2n) is 10.1. The zero-order chi connectivity index (χ0) is 24.5. The van der Waals surface area contributed by atoms with Gasteiger partial charge in [0.05, 0.1) is 12.4 Å². The monoisotopic (exact) mass is 472 g/mol. The van der Waals surface area contributed by atoms with E-state index < -0.39 is 0 Å². The highest BCUT2D eigenvalue weighted by atomic mass is 16.5. The van der Waals surface area contributed by atoms with E-state index in [0.717, 1.165) is 74.2 Å². The zero-order valence-electron chi connectivity index (χ0n) is 21.1. The fraction of sp³-hybridized carbons (Fsp3) is 0.448. The van der Waals surface area contributed by atoms with Gasteiger partial charge in [-0.05, 0) is 68.5 Å². The van der Waals surface area contributed by atoms with E-state index in [-0.39, 0.29) is 5.91 Å². The van der Waals surface area contributed by atoms with Crippen LogP contribution in [0.2, 0.25) is 0 Å². The van der Waals surface area contributed by atoms with Crippen LogP contribution in [-0.4, -0.2) is 52.4 Å². The molecule has 1 amide bonds. The summed E-state index contributed by atoms with van der Waals surface area (Å²) in [6.45, 7) is 10.8. The average Bonchev–Trinajstić information content (AvgIpc) is 3.17. The molecule has 2 aromatic carbocycles. The van der Waals surface area contributed by atoms with Crippen molar-refractivity contribution in [2.75, 3.05) is 26.2 Å². The molecule has 0 radical (unpaired) electrons. The highest BCUT2D eigenvalue weighted by molar-refractivity contribution is 5.99. The minimum Gasteiger partial charge on any atom is -0.494 e. The molecular formula is C29H36N4O2. The van der Waals surface area contributed by atoms with Crippen molar-refractivity contribution in [2.45, 2.75) is 53.1 Å². The molecule has 3 aromatic rings. The number of rotatable bonds is 5. The van der Waals surface area contributed by atoms with Gasteiger partial charge < -0.3 is 19.1 Å². The number of benzene rings is 2. The first kappa shape index (κ1) is 23.5. The summed E-state index contributed by atoms with van der Waals surface area (Å²) in [6.07, 6.45) is 3.05. The lowest BCUT2D eigenvalue weighted by molar-refractivity contribution is 0.0697. The van der Waals surface area contributed by atoms with E-state index in [2.05, 4.69) is 40.7 Å². The van der Waals surface area contributed by atoms with E-state index in [1.54, 1.807) is 0 Å². The third-order valence-corrected chi connectivity index (χ3v) is 7.62. The Labute approximate surface area is 208 Å². The van der Waals surface area contributed by atoms with E-state index in [0.29, 0.717) is 18.4 Å². The Balaban J connectivity index is 1.52. The molecule has 1 fully saturated rings. The number of aromatic nitrogens is 1. The van der Waals surface area contributed by atoms with Crippen LogP contribution in [0.3, 0.4) is 0 Å². The molecule has 0 spiro atoms. The summed E-state index contributed by atoms with van der Waals surface area (Å²) in [4.78, 5) is 17.5. The van der Waals surface area contributed by atoms with E-state index in [1.807, 2.05) is 36.9 Å². The lowest BCUT2D eigenvalue weighted by atomic mass is 9.98. The predicted octanol–water partition coefficient (Wildman–Crippen LogP) is 5.32. The number of nitrogens with one attached hydrogen (secondary N) is 1. The van der Waals surface area contributed by atoms with Gasteiger partial charge in [0.2, 0.25) is 0 Å². The van der Waals surface area contributed by atoms with E-state index >= 15 is 0 Å². The van der Waals surface area contributed by atoms with Crippen LogP contribution in [0.5, 0.6) is 5.75 Å². The molecule has 1 N–H and O–H groups in total. The van der Waals surface area contributed by atoms with Gasteiger partial charge in [0, 0.05) is 66.9 Å². The SMILES string of the molecule is CCOc1ccc(Cn2c3c(c4cc(C(=O)N5CCC(C)CC5)ccc42)CN(C(C)=N)CC3)cc1. The summed E-state index contributed by atoms with van der Waals surface area (Å²) in [5.41, 5.74) is 5.74. The molecule has 6 heteroatoms. The third-order valence-electron chi connectivity index (χ3n) is 7.62. The van der Waals surface area contributed by atoms with Crippen molar-refractivity contribution in [1.82, 2.24) is 14.4 Å². The third kappa shape index (κ3) is 4.66. The number of hydrogen-bond donors (Lipinski definition) is 1. The second kappa shape index (κ2) is 9.76. The van der Waals surface area contributed by atoms with Crippen molar-refractivity contribution in [2.24, 2.45) is 5.92 Å². The zero-order valence-corrected chi connectivity index (χ0v) is 21.1. The molecule has 0 atom stereocenters. The van der Waals surface area contributed by atoms with Crippen LogP contribution in [0.4, 0.5) is 0 Å². The van der Waals surface area contributed by atoms with Crippen molar-refractivity contribution in [3.05, 3.63) is 64.8 Å². The molecule has 0 bridgehead atoms. The molecular weight excluding hydrogens is 436 g/mol. The highest BCUT2D eigenvalue weighted by Crippen LogP contribution is 2.33. The van der Waals surface area contributed by atoms with Gasteiger partial charge in [0.25, 0.3) is 5.91 Å². The lowest BCUT2D eigenvalue weighted by Crippen LogP contribution is -2.37. The van der Waals surface area contributed by atoms with Gasteiger partial charge in [-0.25, -0.2) is 0 Å². The fourth-order valence-corrected chi connectivity index (χ4v) is 5.48. The van der Waals surface area contributed by atoms with Crippen LogP contribution in [0.1, 0.15) is 60.8 Å². The fourth-order valence-electron chi connectivity index (χ4n) is 5.48. The standard InChI is InChI=1S/C29H36N4O2/c1-4-35-24-8-5-22(6-9-24)18-33-27-10-7-23(29(34)31-14-11-20(2)12-15-31)17-25(27)26-19-32(21(3)30)16-13-28(26)33/h5-10,17,20,30H,4,11-16,18-19H2,1-3H3. The number of hydrogen-bond acceptors (Lipinski definition) is 3. The van der Waals surface area contributed by atoms with Crippen molar-refractivity contribution < 1.29 is 9.53 Å². The Morgan fingerprint density at radius 2 is 1.80 bits per heavy atom. The van der Waals surface area contributed by atoms with Crippen molar-refractivity contribution in [1.29, 1.82) is 5.41 Å². The first-order valence-electron chi connectivity index (χ1n) is 12.9. The maximum atomic E-state index is 13.3.